The Bertz CT molecular complexity index is 798. The summed E-state index contributed by atoms with van der Waals surface area (Å²) in [4.78, 5) is 35.9. The summed E-state index contributed by atoms with van der Waals surface area (Å²) in [6, 6.07) is 11.2. The first-order chi connectivity index (χ1) is 11.9. The minimum Gasteiger partial charge on any atom is -0.444 e. The van der Waals surface area contributed by atoms with Crippen LogP contribution >= 0.6 is 15.9 Å². The lowest BCUT2D eigenvalue weighted by Gasteiger charge is -2.17. The van der Waals surface area contributed by atoms with Crippen molar-refractivity contribution < 1.29 is 23.5 Å². The average Bonchev–Trinajstić information content (AvgIpc) is 2.59. The maximum atomic E-state index is 13.9. The zero-order chi connectivity index (χ0) is 18.4. The molecule has 0 aliphatic carbocycles. The van der Waals surface area contributed by atoms with Crippen molar-refractivity contribution in [3.8, 4) is 0 Å². The number of benzene rings is 2. The molecule has 2 N–H and O–H groups in total. The summed E-state index contributed by atoms with van der Waals surface area (Å²) < 4.78 is 19.5. The Kier molecular flexibility index (Phi) is 6.24. The molecule has 25 heavy (non-hydrogen) atoms. The largest absolute Gasteiger partial charge is 0.444 e. The normalized spacial score (nSPS) is 11.3. The van der Waals surface area contributed by atoms with E-state index in [0.29, 0.717) is 10.0 Å². The van der Waals surface area contributed by atoms with Gasteiger partial charge in [0, 0.05) is 17.1 Å². The van der Waals surface area contributed by atoms with Crippen LogP contribution in [0.5, 0.6) is 0 Å². The number of carbonyl (C=O) groups is 3. The molecule has 2 aromatic carbocycles. The number of rotatable bonds is 4. The Labute approximate surface area is 151 Å². The van der Waals surface area contributed by atoms with Gasteiger partial charge >= 0.3 is 12.0 Å². The Hall–Kier alpha value is -2.74. The third kappa shape index (κ3) is 4.87. The molecule has 0 unspecified atom stereocenters. The first-order valence-electron chi connectivity index (χ1n) is 7.16. The fourth-order valence-corrected chi connectivity index (χ4v) is 2.30. The molecule has 8 heteroatoms. The molecule has 3 amide bonds. The molecule has 6 nitrogen and oxygen atoms in total. The average molecular weight is 409 g/mol. The molecule has 0 saturated carbocycles. The van der Waals surface area contributed by atoms with Gasteiger partial charge in [-0.3, -0.25) is 10.1 Å². The summed E-state index contributed by atoms with van der Waals surface area (Å²) >= 11 is 3.09. The smallest absolute Gasteiger partial charge is 0.342 e. The lowest BCUT2D eigenvalue weighted by molar-refractivity contribution is -0.129. The Morgan fingerprint density at radius 1 is 1.12 bits per heavy atom. The second kappa shape index (κ2) is 8.39. The number of halogens is 2. The molecule has 1 atom stereocenters. The molecule has 2 aromatic rings. The van der Waals surface area contributed by atoms with Crippen molar-refractivity contribution in [2.24, 2.45) is 0 Å². The van der Waals surface area contributed by atoms with Crippen molar-refractivity contribution in [1.82, 2.24) is 10.6 Å². The third-order valence-electron chi connectivity index (χ3n) is 3.18. The zero-order valence-corrected chi connectivity index (χ0v) is 14.7. The van der Waals surface area contributed by atoms with E-state index in [0.717, 1.165) is 6.07 Å². The summed E-state index contributed by atoms with van der Waals surface area (Å²) in [6.45, 7) is 0. The van der Waals surface area contributed by atoms with Gasteiger partial charge in [-0.15, -0.1) is 0 Å². The molecule has 0 radical (unpaired) electrons. The van der Waals surface area contributed by atoms with Crippen molar-refractivity contribution in [1.29, 1.82) is 0 Å². The Balaban J connectivity index is 2.28. The van der Waals surface area contributed by atoms with Crippen LogP contribution in [0.3, 0.4) is 0 Å². The van der Waals surface area contributed by atoms with E-state index in [1.165, 1.54) is 19.2 Å². The standard InChI is InChI=1S/C17H14BrFN2O4/c1-20-17(24)21-15(22)14(10-5-3-2-4-6-10)25-16(23)12-8-7-11(18)9-13(12)19/h2-9,14H,1H3,(H2,20,21,22,24)/t14-/m1/s1. The molecular formula is C17H14BrFN2O4. The number of amides is 3. The molecular weight excluding hydrogens is 395 g/mol. The lowest BCUT2D eigenvalue weighted by atomic mass is 10.1. The number of imide groups is 1. The van der Waals surface area contributed by atoms with Crippen molar-refractivity contribution in [2.75, 3.05) is 7.05 Å². The quantitative estimate of drug-likeness (QED) is 0.761. The Morgan fingerprint density at radius 3 is 2.40 bits per heavy atom. The van der Waals surface area contributed by atoms with Crippen LogP contribution in [0.25, 0.3) is 0 Å². The number of urea groups is 1. The maximum Gasteiger partial charge on any atom is 0.342 e. The van der Waals surface area contributed by atoms with Crippen molar-refractivity contribution >= 4 is 33.8 Å². The van der Waals surface area contributed by atoms with Gasteiger partial charge in [0.1, 0.15) is 5.82 Å². The van der Waals surface area contributed by atoms with Gasteiger partial charge < -0.3 is 10.1 Å². The van der Waals surface area contributed by atoms with Crippen molar-refractivity contribution in [2.45, 2.75) is 6.10 Å². The van der Waals surface area contributed by atoms with E-state index in [1.54, 1.807) is 30.3 Å². The summed E-state index contributed by atoms with van der Waals surface area (Å²) in [6.07, 6.45) is -1.41. The predicted octanol–water partition coefficient (Wildman–Crippen LogP) is 2.94. The summed E-state index contributed by atoms with van der Waals surface area (Å²) in [7, 11) is 1.34. The van der Waals surface area contributed by atoms with Gasteiger partial charge in [-0.05, 0) is 18.2 Å². The lowest BCUT2D eigenvalue weighted by Crippen LogP contribution is -2.41. The zero-order valence-electron chi connectivity index (χ0n) is 13.1. The molecule has 130 valence electrons. The van der Waals surface area contributed by atoms with Crippen molar-refractivity contribution in [3.63, 3.8) is 0 Å². The molecule has 0 aliphatic heterocycles. The van der Waals surface area contributed by atoms with Crippen LogP contribution in [-0.2, 0) is 9.53 Å². The number of nitrogens with one attached hydrogen (secondary N) is 2. The molecule has 0 fully saturated rings. The third-order valence-corrected chi connectivity index (χ3v) is 3.67. The highest BCUT2D eigenvalue weighted by molar-refractivity contribution is 9.10. The molecule has 0 saturated heterocycles. The van der Waals surface area contributed by atoms with Crippen LogP contribution in [0.4, 0.5) is 9.18 Å². The minimum atomic E-state index is -1.41. The van der Waals surface area contributed by atoms with Crippen molar-refractivity contribution in [3.05, 3.63) is 69.9 Å². The van der Waals surface area contributed by atoms with E-state index in [4.69, 9.17) is 4.74 Å². The Morgan fingerprint density at radius 2 is 1.80 bits per heavy atom. The summed E-state index contributed by atoms with van der Waals surface area (Å²) in [5.74, 6) is -2.67. The minimum absolute atomic E-state index is 0.322. The van der Waals surface area contributed by atoms with Crippen LogP contribution in [-0.4, -0.2) is 25.0 Å². The molecule has 0 aromatic heterocycles. The summed E-state index contributed by atoms with van der Waals surface area (Å²) in [5, 5.41) is 4.27. The van der Waals surface area contributed by atoms with Gasteiger partial charge in [0.25, 0.3) is 5.91 Å². The number of hydrogen-bond acceptors (Lipinski definition) is 4. The number of esters is 1. The van der Waals surface area contributed by atoms with Gasteiger partial charge in [0.05, 0.1) is 5.56 Å². The molecule has 2 rings (SSSR count). The number of hydrogen-bond donors (Lipinski definition) is 2. The second-order valence-corrected chi connectivity index (χ2v) is 5.80. The van der Waals surface area contributed by atoms with Crippen LogP contribution in [0.1, 0.15) is 22.0 Å². The number of carbonyl (C=O) groups excluding carboxylic acids is 3. The monoisotopic (exact) mass is 408 g/mol. The first-order valence-corrected chi connectivity index (χ1v) is 7.95. The molecule has 0 aliphatic rings. The van der Waals surface area contributed by atoms with Gasteiger partial charge in [-0.25, -0.2) is 14.0 Å². The second-order valence-electron chi connectivity index (χ2n) is 4.89. The highest BCUT2D eigenvalue weighted by Crippen LogP contribution is 2.22. The first kappa shape index (κ1) is 18.6. The SMILES string of the molecule is CNC(=O)NC(=O)[C@H](OC(=O)c1ccc(Br)cc1F)c1ccccc1. The van der Waals surface area contributed by atoms with Crippen LogP contribution in [0.2, 0.25) is 0 Å². The summed E-state index contributed by atoms with van der Waals surface area (Å²) in [5.41, 5.74) is 0.0200. The molecule has 0 bridgehead atoms. The van der Waals surface area contributed by atoms with E-state index in [9.17, 15) is 18.8 Å². The number of ether oxygens (including phenoxy) is 1. The van der Waals surface area contributed by atoms with E-state index in [-0.39, 0.29) is 5.56 Å². The van der Waals surface area contributed by atoms with E-state index in [1.807, 2.05) is 5.32 Å². The fourth-order valence-electron chi connectivity index (χ4n) is 1.97. The van der Waals surface area contributed by atoms with Gasteiger partial charge in [0.15, 0.2) is 0 Å². The van der Waals surface area contributed by atoms with Gasteiger partial charge in [-0.2, -0.15) is 0 Å². The van der Waals surface area contributed by atoms with E-state index >= 15 is 0 Å². The highest BCUT2D eigenvalue weighted by atomic mass is 79.9. The maximum absolute atomic E-state index is 13.9. The fraction of sp³-hybridized carbons (Fsp3) is 0.118. The topological polar surface area (TPSA) is 84.5 Å². The van der Waals surface area contributed by atoms with Crippen LogP contribution < -0.4 is 10.6 Å². The highest BCUT2D eigenvalue weighted by Gasteiger charge is 2.28. The predicted molar refractivity (Wildman–Crippen MR) is 91.3 cm³/mol. The van der Waals surface area contributed by atoms with Crippen LogP contribution in [0.15, 0.2) is 53.0 Å². The molecule has 0 spiro atoms. The van der Waals surface area contributed by atoms with E-state index < -0.39 is 29.8 Å². The van der Waals surface area contributed by atoms with Crippen LogP contribution in [0, 0.1) is 5.82 Å². The molecule has 0 heterocycles. The van der Waals surface area contributed by atoms with Gasteiger partial charge in [-0.1, -0.05) is 46.3 Å². The van der Waals surface area contributed by atoms with Gasteiger partial charge in [0.2, 0.25) is 6.10 Å². The van der Waals surface area contributed by atoms with E-state index in [2.05, 4.69) is 21.2 Å².